The maximum Gasteiger partial charge on any atom is 0.126 e. The van der Waals surface area contributed by atoms with Crippen molar-refractivity contribution in [3.8, 4) is 0 Å². The number of allylic oxidation sites excluding steroid dienone is 2. The molecule has 0 amide bonds. The molecule has 0 saturated heterocycles. The fourth-order valence-electron chi connectivity index (χ4n) is 3.44. The molecule has 3 atom stereocenters. The normalized spacial score (nSPS) is 22.8. The number of aliphatic hydroxyl groups is 2. The predicted molar refractivity (Wildman–Crippen MR) is 86.0 cm³/mol. The summed E-state index contributed by atoms with van der Waals surface area (Å²) in [6.07, 6.45) is 9.64. The van der Waals surface area contributed by atoms with Crippen LogP contribution in [0.4, 0.5) is 4.39 Å². The maximum atomic E-state index is 14.0. The molecule has 0 aliphatic heterocycles. The lowest BCUT2D eigenvalue weighted by Crippen LogP contribution is -2.25. The number of halogens is 1. The van der Waals surface area contributed by atoms with E-state index in [-0.39, 0.29) is 12.5 Å². The third kappa shape index (κ3) is 6.48. The Labute approximate surface area is 129 Å². The van der Waals surface area contributed by atoms with Crippen molar-refractivity contribution in [3.05, 3.63) is 11.6 Å². The SMILES string of the molecule is CCCC(CCC[C@H]1CCC=C(C(C)(C)F)C1)C(O)CO. The summed E-state index contributed by atoms with van der Waals surface area (Å²) in [5.74, 6) is 0.782. The van der Waals surface area contributed by atoms with Crippen LogP contribution in [0.1, 0.15) is 72.1 Å². The van der Waals surface area contributed by atoms with Crippen LogP contribution in [0, 0.1) is 11.8 Å². The highest BCUT2D eigenvalue weighted by atomic mass is 19.1. The molecule has 3 heteroatoms. The van der Waals surface area contributed by atoms with Crippen molar-refractivity contribution in [2.24, 2.45) is 11.8 Å². The Bertz CT molecular complexity index is 320. The van der Waals surface area contributed by atoms with Gasteiger partial charge in [-0.3, -0.25) is 0 Å². The molecular formula is C18H33FO2. The van der Waals surface area contributed by atoms with Gasteiger partial charge in [0.05, 0.1) is 12.7 Å². The average Bonchev–Trinajstić information content (AvgIpc) is 2.45. The van der Waals surface area contributed by atoms with E-state index in [1.165, 1.54) is 0 Å². The Morgan fingerprint density at radius 1 is 1.38 bits per heavy atom. The Morgan fingerprint density at radius 3 is 2.67 bits per heavy atom. The second-order valence-corrected chi connectivity index (χ2v) is 7.08. The lowest BCUT2D eigenvalue weighted by atomic mass is 9.79. The van der Waals surface area contributed by atoms with Crippen molar-refractivity contribution in [1.82, 2.24) is 0 Å². The third-order valence-electron chi connectivity index (χ3n) is 4.82. The smallest absolute Gasteiger partial charge is 0.126 e. The van der Waals surface area contributed by atoms with E-state index in [4.69, 9.17) is 5.11 Å². The number of hydrogen-bond acceptors (Lipinski definition) is 2. The minimum absolute atomic E-state index is 0.142. The zero-order chi connectivity index (χ0) is 15.9. The van der Waals surface area contributed by atoms with Crippen LogP contribution in [0.25, 0.3) is 0 Å². The van der Waals surface area contributed by atoms with Gasteiger partial charge >= 0.3 is 0 Å². The highest BCUT2D eigenvalue weighted by molar-refractivity contribution is 5.16. The number of rotatable bonds is 9. The van der Waals surface area contributed by atoms with Gasteiger partial charge in [0.15, 0.2) is 0 Å². The molecule has 21 heavy (non-hydrogen) atoms. The number of aliphatic hydroxyl groups excluding tert-OH is 2. The Kier molecular flexibility index (Phi) is 7.89. The van der Waals surface area contributed by atoms with E-state index >= 15 is 0 Å². The molecule has 0 aromatic carbocycles. The van der Waals surface area contributed by atoms with Gasteiger partial charge in [-0.1, -0.05) is 32.3 Å². The van der Waals surface area contributed by atoms with Crippen molar-refractivity contribution in [2.75, 3.05) is 6.61 Å². The Balaban J connectivity index is 2.37. The van der Waals surface area contributed by atoms with Gasteiger partial charge in [-0.15, -0.1) is 0 Å². The Morgan fingerprint density at radius 2 is 2.10 bits per heavy atom. The molecule has 2 N–H and O–H groups in total. The molecule has 1 rings (SSSR count). The summed E-state index contributed by atoms with van der Waals surface area (Å²) in [4.78, 5) is 0. The van der Waals surface area contributed by atoms with Crippen molar-refractivity contribution in [1.29, 1.82) is 0 Å². The van der Waals surface area contributed by atoms with Gasteiger partial charge in [0.25, 0.3) is 0 Å². The molecular weight excluding hydrogens is 267 g/mol. The average molecular weight is 300 g/mol. The minimum atomic E-state index is -1.18. The molecule has 0 saturated carbocycles. The molecule has 0 fully saturated rings. The number of hydrogen-bond donors (Lipinski definition) is 2. The van der Waals surface area contributed by atoms with Crippen LogP contribution >= 0.6 is 0 Å². The summed E-state index contributed by atoms with van der Waals surface area (Å²) in [5.41, 5.74) is -0.226. The van der Waals surface area contributed by atoms with E-state index < -0.39 is 11.8 Å². The van der Waals surface area contributed by atoms with Crippen LogP contribution in [0.15, 0.2) is 11.6 Å². The van der Waals surface area contributed by atoms with Crippen LogP contribution in [0.5, 0.6) is 0 Å². The summed E-state index contributed by atoms with van der Waals surface area (Å²) in [6.45, 7) is 5.27. The molecule has 0 bridgehead atoms. The molecule has 124 valence electrons. The second-order valence-electron chi connectivity index (χ2n) is 7.08. The summed E-state index contributed by atoms with van der Waals surface area (Å²) in [5, 5.41) is 18.9. The standard InChI is InChI=1S/C18H33FO2/c1-4-7-15(17(21)13-20)10-5-8-14-9-6-11-16(12-14)18(2,3)19/h11,14-15,17,20-21H,4-10,12-13H2,1-3H3/t14-,15?,17?/m0/s1. The van der Waals surface area contributed by atoms with Crippen molar-refractivity contribution >= 4 is 0 Å². The van der Waals surface area contributed by atoms with Gasteiger partial charge in [-0.05, 0) is 63.4 Å². The minimum Gasteiger partial charge on any atom is -0.394 e. The molecule has 0 aromatic rings. The lowest BCUT2D eigenvalue weighted by Gasteiger charge is -2.29. The molecule has 0 aromatic heterocycles. The first-order valence-corrected chi connectivity index (χ1v) is 8.55. The lowest BCUT2D eigenvalue weighted by molar-refractivity contribution is 0.0385. The molecule has 0 radical (unpaired) electrons. The van der Waals surface area contributed by atoms with E-state index in [0.717, 1.165) is 56.9 Å². The summed E-state index contributed by atoms with van der Waals surface area (Å²) < 4.78 is 14.0. The fraction of sp³-hybridized carbons (Fsp3) is 0.889. The topological polar surface area (TPSA) is 40.5 Å². The molecule has 2 unspecified atom stereocenters. The van der Waals surface area contributed by atoms with E-state index in [1.807, 2.05) is 0 Å². The molecule has 1 aliphatic carbocycles. The number of alkyl halides is 1. The summed E-state index contributed by atoms with van der Waals surface area (Å²) >= 11 is 0. The van der Waals surface area contributed by atoms with Gasteiger partial charge in [0, 0.05) is 0 Å². The van der Waals surface area contributed by atoms with Crippen LogP contribution in [-0.4, -0.2) is 28.6 Å². The first-order valence-electron chi connectivity index (χ1n) is 8.55. The van der Waals surface area contributed by atoms with E-state index in [1.54, 1.807) is 13.8 Å². The van der Waals surface area contributed by atoms with Gasteiger partial charge in [0.2, 0.25) is 0 Å². The van der Waals surface area contributed by atoms with E-state index in [2.05, 4.69) is 13.0 Å². The zero-order valence-corrected chi connectivity index (χ0v) is 13.9. The highest BCUT2D eigenvalue weighted by Gasteiger charge is 2.27. The second kappa shape index (κ2) is 8.89. The van der Waals surface area contributed by atoms with Crippen LogP contribution in [-0.2, 0) is 0 Å². The Hall–Kier alpha value is -0.410. The van der Waals surface area contributed by atoms with Gasteiger partial charge in [-0.25, -0.2) is 4.39 Å². The largest absolute Gasteiger partial charge is 0.394 e. The first kappa shape index (κ1) is 18.6. The predicted octanol–water partition coefficient (Wildman–Crippen LogP) is 4.40. The molecule has 0 spiro atoms. The van der Waals surface area contributed by atoms with Crippen molar-refractivity contribution in [3.63, 3.8) is 0 Å². The van der Waals surface area contributed by atoms with Crippen LogP contribution < -0.4 is 0 Å². The first-order chi connectivity index (χ1) is 9.88. The van der Waals surface area contributed by atoms with Gasteiger partial charge < -0.3 is 10.2 Å². The van der Waals surface area contributed by atoms with E-state index in [9.17, 15) is 9.50 Å². The van der Waals surface area contributed by atoms with Crippen molar-refractivity contribution < 1.29 is 14.6 Å². The molecule has 2 nitrogen and oxygen atoms in total. The monoisotopic (exact) mass is 300 g/mol. The van der Waals surface area contributed by atoms with Gasteiger partial charge in [0.1, 0.15) is 5.67 Å². The molecule has 0 heterocycles. The quantitative estimate of drug-likeness (QED) is 0.620. The molecule has 1 aliphatic rings. The van der Waals surface area contributed by atoms with Crippen LogP contribution in [0.3, 0.4) is 0 Å². The highest BCUT2D eigenvalue weighted by Crippen LogP contribution is 2.35. The fourth-order valence-corrected chi connectivity index (χ4v) is 3.44. The summed E-state index contributed by atoms with van der Waals surface area (Å²) in [7, 11) is 0. The van der Waals surface area contributed by atoms with Crippen molar-refractivity contribution in [2.45, 2.75) is 83.9 Å². The van der Waals surface area contributed by atoms with Gasteiger partial charge in [-0.2, -0.15) is 0 Å². The summed E-state index contributed by atoms with van der Waals surface area (Å²) in [6, 6.07) is 0. The maximum absolute atomic E-state index is 14.0. The van der Waals surface area contributed by atoms with Crippen LogP contribution in [0.2, 0.25) is 0 Å². The zero-order valence-electron chi connectivity index (χ0n) is 13.9. The third-order valence-corrected chi connectivity index (χ3v) is 4.82. The van der Waals surface area contributed by atoms with E-state index in [0.29, 0.717) is 5.92 Å².